The van der Waals surface area contributed by atoms with E-state index in [0.29, 0.717) is 41.9 Å². The molecular formula is C22H31N3O4S2. The number of hydrogen-bond donors (Lipinski definition) is 1. The summed E-state index contributed by atoms with van der Waals surface area (Å²) in [6.07, 6.45) is 0. The van der Waals surface area contributed by atoms with Crippen LogP contribution >= 0.6 is 12.2 Å². The van der Waals surface area contributed by atoms with Crippen LogP contribution in [-0.4, -0.2) is 57.1 Å². The third-order valence-corrected chi connectivity index (χ3v) is 7.50. The van der Waals surface area contributed by atoms with Crippen LogP contribution in [0.4, 0.5) is 5.69 Å². The summed E-state index contributed by atoms with van der Waals surface area (Å²) in [6.45, 7) is 6.90. The first-order valence-corrected chi connectivity index (χ1v) is 11.9. The molecular weight excluding hydrogens is 434 g/mol. The fourth-order valence-corrected chi connectivity index (χ4v) is 4.79. The maximum atomic E-state index is 12.9. The highest BCUT2D eigenvalue weighted by molar-refractivity contribution is 7.89. The van der Waals surface area contributed by atoms with Crippen molar-refractivity contribution in [2.75, 3.05) is 39.7 Å². The number of nitrogens with zero attached hydrogens (tertiary/aromatic N) is 2. The van der Waals surface area contributed by atoms with Crippen molar-refractivity contribution < 1.29 is 17.9 Å². The predicted octanol–water partition coefficient (Wildman–Crippen LogP) is 3.87. The van der Waals surface area contributed by atoms with Crippen LogP contribution in [0.25, 0.3) is 0 Å². The van der Waals surface area contributed by atoms with E-state index in [1.54, 1.807) is 32.4 Å². The molecule has 0 aliphatic carbocycles. The molecule has 0 unspecified atom stereocenters. The standard InChI is InChI=1S/C22H31N3O4S2/c1-7-25(8-2)31(26,27)19-12-9-16(3)20(14-19)23-22(30)24(4)15-17-10-11-18(28-5)13-21(17)29-6/h9-14H,7-8,15H2,1-6H3,(H,23,30). The summed E-state index contributed by atoms with van der Waals surface area (Å²) in [5, 5.41) is 3.66. The number of hydrogen-bond acceptors (Lipinski definition) is 5. The topological polar surface area (TPSA) is 71.1 Å². The monoisotopic (exact) mass is 465 g/mol. The van der Waals surface area contributed by atoms with Crippen molar-refractivity contribution >= 4 is 33.0 Å². The summed E-state index contributed by atoms with van der Waals surface area (Å²) >= 11 is 5.57. The molecule has 0 aliphatic rings. The molecule has 31 heavy (non-hydrogen) atoms. The van der Waals surface area contributed by atoms with Gasteiger partial charge in [-0.05, 0) is 49.0 Å². The Morgan fingerprint density at radius 3 is 2.32 bits per heavy atom. The summed E-state index contributed by atoms with van der Waals surface area (Å²) in [5.41, 5.74) is 2.51. The Kier molecular flexibility index (Phi) is 8.67. The van der Waals surface area contributed by atoms with Crippen molar-refractivity contribution in [1.82, 2.24) is 9.21 Å². The molecule has 7 nitrogen and oxygen atoms in total. The van der Waals surface area contributed by atoms with E-state index in [1.807, 2.05) is 50.9 Å². The number of rotatable bonds is 9. The molecule has 0 saturated heterocycles. The maximum Gasteiger partial charge on any atom is 0.243 e. The van der Waals surface area contributed by atoms with Gasteiger partial charge in [-0.3, -0.25) is 0 Å². The van der Waals surface area contributed by atoms with Crippen LogP contribution in [0.15, 0.2) is 41.3 Å². The highest BCUT2D eigenvalue weighted by atomic mass is 32.2. The van der Waals surface area contributed by atoms with Crippen molar-refractivity contribution in [2.24, 2.45) is 0 Å². The van der Waals surface area contributed by atoms with Gasteiger partial charge in [0.05, 0.1) is 19.1 Å². The molecule has 1 N–H and O–H groups in total. The SMILES string of the molecule is CCN(CC)S(=O)(=O)c1ccc(C)c(NC(=S)N(C)Cc2ccc(OC)cc2OC)c1. The second-order valence-corrected chi connectivity index (χ2v) is 9.35. The minimum absolute atomic E-state index is 0.242. The lowest BCUT2D eigenvalue weighted by molar-refractivity contribution is 0.384. The summed E-state index contributed by atoms with van der Waals surface area (Å²) in [4.78, 5) is 2.11. The molecule has 0 aliphatic heterocycles. The van der Waals surface area contributed by atoms with Crippen molar-refractivity contribution in [1.29, 1.82) is 0 Å². The number of nitrogens with one attached hydrogen (secondary N) is 1. The Morgan fingerprint density at radius 1 is 1.06 bits per heavy atom. The summed E-state index contributed by atoms with van der Waals surface area (Å²) < 4.78 is 37.9. The molecule has 2 aromatic rings. The Morgan fingerprint density at radius 2 is 1.74 bits per heavy atom. The molecule has 0 spiro atoms. The van der Waals surface area contributed by atoms with Gasteiger partial charge in [0, 0.05) is 44.0 Å². The van der Waals surface area contributed by atoms with Gasteiger partial charge in [0.25, 0.3) is 0 Å². The van der Waals surface area contributed by atoms with Gasteiger partial charge in [-0.1, -0.05) is 19.9 Å². The van der Waals surface area contributed by atoms with Crippen LogP contribution in [0.2, 0.25) is 0 Å². The van der Waals surface area contributed by atoms with E-state index >= 15 is 0 Å². The van der Waals surface area contributed by atoms with E-state index in [1.165, 1.54) is 4.31 Å². The number of aryl methyl sites for hydroxylation is 1. The molecule has 0 aromatic heterocycles. The summed E-state index contributed by atoms with van der Waals surface area (Å²) in [7, 11) is 1.53. The minimum Gasteiger partial charge on any atom is -0.497 e. The molecule has 0 saturated carbocycles. The highest BCUT2D eigenvalue weighted by Crippen LogP contribution is 2.26. The van der Waals surface area contributed by atoms with E-state index in [-0.39, 0.29) is 4.90 Å². The largest absolute Gasteiger partial charge is 0.497 e. The molecule has 0 fully saturated rings. The lowest BCUT2D eigenvalue weighted by atomic mass is 10.2. The van der Waals surface area contributed by atoms with Crippen molar-refractivity contribution in [3.63, 3.8) is 0 Å². The molecule has 2 rings (SSSR count). The molecule has 2 aromatic carbocycles. The van der Waals surface area contributed by atoms with Crippen molar-refractivity contribution in [2.45, 2.75) is 32.2 Å². The van der Waals surface area contributed by atoms with Crippen molar-refractivity contribution in [3.8, 4) is 11.5 Å². The zero-order chi connectivity index (χ0) is 23.2. The van der Waals surface area contributed by atoms with E-state index < -0.39 is 10.0 Å². The number of anilines is 1. The molecule has 0 radical (unpaired) electrons. The van der Waals surface area contributed by atoms with Crippen LogP contribution in [0.3, 0.4) is 0 Å². The predicted molar refractivity (Wildman–Crippen MR) is 129 cm³/mol. The normalized spacial score (nSPS) is 11.3. The number of sulfonamides is 1. The molecule has 0 bridgehead atoms. The van der Waals surface area contributed by atoms with Gasteiger partial charge in [0.2, 0.25) is 10.0 Å². The number of thiocarbonyl (C=S) groups is 1. The maximum absolute atomic E-state index is 12.9. The molecule has 0 heterocycles. The van der Waals surface area contributed by atoms with Crippen LogP contribution in [0.1, 0.15) is 25.0 Å². The van der Waals surface area contributed by atoms with E-state index in [2.05, 4.69) is 5.32 Å². The van der Waals surface area contributed by atoms with Crippen LogP contribution in [0, 0.1) is 6.92 Å². The molecule has 0 atom stereocenters. The average Bonchev–Trinajstić information content (AvgIpc) is 2.75. The second kappa shape index (κ2) is 10.8. The van der Waals surface area contributed by atoms with E-state index in [4.69, 9.17) is 21.7 Å². The molecule has 0 amide bonds. The fraction of sp³-hybridized carbons (Fsp3) is 0.409. The quantitative estimate of drug-likeness (QED) is 0.564. The zero-order valence-electron chi connectivity index (χ0n) is 18.9. The van der Waals surface area contributed by atoms with E-state index in [9.17, 15) is 8.42 Å². The summed E-state index contributed by atoms with van der Waals surface area (Å²) in [5.74, 6) is 1.42. The highest BCUT2D eigenvalue weighted by Gasteiger charge is 2.22. The van der Waals surface area contributed by atoms with Gasteiger partial charge >= 0.3 is 0 Å². The third-order valence-electron chi connectivity index (χ3n) is 5.04. The van der Waals surface area contributed by atoms with Crippen LogP contribution < -0.4 is 14.8 Å². The van der Waals surface area contributed by atoms with Crippen LogP contribution in [-0.2, 0) is 16.6 Å². The first-order chi connectivity index (χ1) is 14.7. The number of methoxy groups -OCH3 is 2. The van der Waals surface area contributed by atoms with Gasteiger partial charge in [0.1, 0.15) is 11.5 Å². The summed E-state index contributed by atoms with van der Waals surface area (Å²) in [6, 6.07) is 10.7. The first-order valence-electron chi connectivity index (χ1n) is 10.0. The molecule has 9 heteroatoms. The minimum atomic E-state index is -3.55. The zero-order valence-corrected chi connectivity index (χ0v) is 20.6. The van der Waals surface area contributed by atoms with E-state index in [0.717, 1.165) is 11.1 Å². The van der Waals surface area contributed by atoms with Gasteiger partial charge in [-0.15, -0.1) is 0 Å². The first kappa shape index (κ1) is 24.9. The fourth-order valence-electron chi connectivity index (χ4n) is 3.13. The average molecular weight is 466 g/mol. The Bertz CT molecular complexity index is 1020. The van der Waals surface area contributed by atoms with Crippen molar-refractivity contribution in [3.05, 3.63) is 47.5 Å². The van der Waals surface area contributed by atoms with Gasteiger partial charge in [-0.2, -0.15) is 4.31 Å². The third kappa shape index (κ3) is 5.87. The number of ether oxygens (including phenoxy) is 2. The number of benzene rings is 2. The lowest BCUT2D eigenvalue weighted by Crippen LogP contribution is -2.32. The Balaban J connectivity index is 2.22. The van der Waals surface area contributed by atoms with Gasteiger partial charge < -0.3 is 19.7 Å². The Labute approximate surface area is 191 Å². The van der Waals surface area contributed by atoms with Crippen LogP contribution in [0.5, 0.6) is 11.5 Å². The second-order valence-electron chi connectivity index (χ2n) is 7.03. The molecule has 170 valence electrons. The lowest BCUT2D eigenvalue weighted by Gasteiger charge is -2.24. The van der Waals surface area contributed by atoms with Gasteiger partial charge in [-0.25, -0.2) is 8.42 Å². The Hall–Kier alpha value is -2.36. The van der Waals surface area contributed by atoms with Gasteiger partial charge in [0.15, 0.2) is 5.11 Å². The smallest absolute Gasteiger partial charge is 0.243 e.